The molecular formula is C8H12N2O6. The second-order valence-corrected chi connectivity index (χ2v) is 3.11. The van der Waals surface area contributed by atoms with Gasteiger partial charge in [-0.25, -0.2) is 4.79 Å². The van der Waals surface area contributed by atoms with Crippen molar-refractivity contribution in [3.8, 4) is 0 Å². The number of rotatable bonds is 4. The van der Waals surface area contributed by atoms with E-state index < -0.39 is 36.2 Å². The molecule has 0 aromatic rings. The van der Waals surface area contributed by atoms with Gasteiger partial charge in [0.15, 0.2) is 0 Å². The molecule has 5 N–H and O–H groups in total. The van der Waals surface area contributed by atoms with Crippen LogP contribution >= 0.6 is 0 Å². The minimum absolute atomic E-state index is 0. The summed E-state index contributed by atoms with van der Waals surface area (Å²) in [5, 5.41) is 17.2. The third kappa shape index (κ3) is 2.76. The lowest BCUT2D eigenvalue weighted by Gasteiger charge is -2.20. The van der Waals surface area contributed by atoms with E-state index in [4.69, 9.17) is 10.2 Å². The van der Waals surface area contributed by atoms with Crippen LogP contribution in [0.5, 0.6) is 0 Å². The lowest BCUT2D eigenvalue weighted by atomic mass is 10.2. The Labute approximate surface area is 90.4 Å². The normalized spacial score (nSPS) is 16.9. The van der Waals surface area contributed by atoms with Crippen molar-refractivity contribution in [1.82, 2.24) is 11.1 Å². The van der Waals surface area contributed by atoms with Crippen molar-refractivity contribution in [2.24, 2.45) is 0 Å². The molecule has 0 aromatic heterocycles. The average Bonchev–Trinajstić information content (AvgIpc) is 2.42. The van der Waals surface area contributed by atoms with Crippen LogP contribution in [0.2, 0.25) is 0 Å². The van der Waals surface area contributed by atoms with Crippen LogP contribution in [0.3, 0.4) is 0 Å². The summed E-state index contributed by atoms with van der Waals surface area (Å²) in [5.74, 6) is -4.11. The number of nitrogens with zero attached hydrogens (tertiary/aromatic N) is 1. The van der Waals surface area contributed by atoms with Crippen LogP contribution in [0.4, 0.5) is 0 Å². The fraction of sp³-hybridized carbons (Fsp3) is 0.500. The molecule has 0 radical (unpaired) electrons. The van der Waals surface area contributed by atoms with Crippen LogP contribution < -0.4 is 6.15 Å². The molecule has 8 heteroatoms. The standard InChI is InChI=1S/C8H9NO6.H3N/c10-5-1-2-6(11)9(5)4(8(14)15)3-7(12)13;/h4H,1-3H2,(H,12,13)(H,14,15);1H3. The maximum Gasteiger partial charge on any atom is 0.327 e. The van der Waals surface area contributed by atoms with Gasteiger partial charge in [0.25, 0.3) is 0 Å². The zero-order chi connectivity index (χ0) is 11.6. The SMILES string of the molecule is N.O=C(O)CC(C(=O)O)N1C(=O)CCC1=O. The smallest absolute Gasteiger partial charge is 0.327 e. The zero-order valence-corrected chi connectivity index (χ0v) is 8.38. The first-order valence-corrected chi connectivity index (χ1v) is 4.23. The second-order valence-electron chi connectivity index (χ2n) is 3.11. The lowest BCUT2D eigenvalue weighted by Crippen LogP contribution is -2.45. The van der Waals surface area contributed by atoms with E-state index in [9.17, 15) is 19.2 Å². The van der Waals surface area contributed by atoms with E-state index in [1.165, 1.54) is 0 Å². The van der Waals surface area contributed by atoms with Gasteiger partial charge in [-0.2, -0.15) is 0 Å². The van der Waals surface area contributed by atoms with Gasteiger partial charge in [0.05, 0.1) is 6.42 Å². The Morgan fingerprint density at radius 3 is 1.94 bits per heavy atom. The highest BCUT2D eigenvalue weighted by atomic mass is 16.4. The van der Waals surface area contributed by atoms with Gasteiger partial charge in [0.1, 0.15) is 6.04 Å². The molecule has 1 fully saturated rings. The molecule has 0 bridgehead atoms. The number of carbonyl (C=O) groups excluding carboxylic acids is 2. The van der Waals surface area contributed by atoms with E-state index in [1.807, 2.05) is 0 Å². The van der Waals surface area contributed by atoms with Crippen molar-refractivity contribution >= 4 is 23.8 Å². The van der Waals surface area contributed by atoms with E-state index in [0.717, 1.165) is 0 Å². The molecule has 1 unspecified atom stereocenters. The van der Waals surface area contributed by atoms with E-state index in [-0.39, 0.29) is 19.0 Å². The summed E-state index contributed by atoms with van der Waals surface area (Å²) in [4.78, 5) is 43.9. The zero-order valence-electron chi connectivity index (χ0n) is 8.38. The first-order chi connectivity index (χ1) is 6.93. The number of carbonyl (C=O) groups is 4. The summed E-state index contributed by atoms with van der Waals surface area (Å²) in [6.45, 7) is 0. The molecule has 1 atom stereocenters. The minimum Gasteiger partial charge on any atom is -0.481 e. The molecule has 16 heavy (non-hydrogen) atoms. The molecule has 0 spiro atoms. The summed E-state index contributed by atoms with van der Waals surface area (Å²) >= 11 is 0. The molecule has 1 aliphatic heterocycles. The predicted octanol–water partition coefficient (Wildman–Crippen LogP) is -0.775. The molecule has 1 aliphatic rings. The average molecular weight is 232 g/mol. The third-order valence-corrected chi connectivity index (χ3v) is 2.05. The molecule has 90 valence electrons. The van der Waals surface area contributed by atoms with Crippen LogP contribution in [0.1, 0.15) is 19.3 Å². The van der Waals surface area contributed by atoms with E-state index in [2.05, 4.69) is 0 Å². The maximum atomic E-state index is 11.2. The molecule has 0 aromatic carbocycles. The molecule has 1 saturated heterocycles. The largest absolute Gasteiger partial charge is 0.481 e. The van der Waals surface area contributed by atoms with E-state index in [1.54, 1.807) is 0 Å². The molecule has 0 aliphatic carbocycles. The Hall–Kier alpha value is -1.96. The Morgan fingerprint density at radius 2 is 1.62 bits per heavy atom. The maximum absolute atomic E-state index is 11.2. The minimum atomic E-state index is -1.59. The number of likely N-dealkylation sites (tertiary alicyclic amines) is 1. The van der Waals surface area contributed by atoms with Gasteiger partial charge in [0, 0.05) is 12.8 Å². The van der Waals surface area contributed by atoms with Crippen LogP contribution in [0, 0.1) is 0 Å². The number of carboxylic acids is 2. The monoisotopic (exact) mass is 232 g/mol. The number of amides is 2. The van der Waals surface area contributed by atoms with E-state index >= 15 is 0 Å². The summed E-state index contributed by atoms with van der Waals surface area (Å²) in [6, 6.07) is -1.59. The Morgan fingerprint density at radius 1 is 1.19 bits per heavy atom. The van der Waals surface area contributed by atoms with Gasteiger partial charge in [-0.05, 0) is 0 Å². The molecular weight excluding hydrogens is 220 g/mol. The number of hydrogen-bond donors (Lipinski definition) is 3. The van der Waals surface area contributed by atoms with Crippen molar-refractivity contribution in [2.75, 3.05) is 0 Å². The molecule has 8 nitrogen and oxygen atoms in total. The van der Waals surface area contributed by atoms with Gasteiger partial charge >= 0.3 is 11.9 Å². The fourth-order valence-electron chi connectivity index (χ4n) is 1.40. The van der Waals surface area contributed by atoms with Gasteiger partial charge in [-0.1, -0.05) is 0 Å². The van der Waals surface area contributed by atoms with Crippen molar-refractivity contribution in [3.63, 3.8) is 0 Å². The van der Waals surface area contributed by atoms with Crippen LogP contribution in [-0.4, -0.2) is 44.9 Å². The molecule has 2 amide bonds. The molecule has 0 saturated carbocycles. The Kier molecular flexibility index (Phi) is 4.58. The molecule has 1 heterocycles. The fourth-order valence-corrected chi connectivity index (χ4v) is 1.40. The topological polar surface area (TPSA) is 147 Å². The first-order valence-electron chi connectivity index (χ1n) is 4.23. The second kappa shape index (κ2) is 5.21. The van der Waals surface area contributed by atoms with Crippen molar-refractivity contribution < 1.29 is 29.4 Å². The van der Waals surface area contributed by atoms with Crippen molar-refractivity contribution in [1.29, 1.82) is 0 Å². The summed E-state index contributed by atoms with van der Waals surface area (Å²) in [7, 11) is 0. The van der Waals surface area contributed by atoms with Crippen LogP contribution in [0.25, 0.3) is 0 Å². The Balaban J connectivity index is 0.00000225. The molecule has 1 rings (SSSR count). The predicted molar refractivity (Wildman–Crippen MR) is 49.8 cm³/mol. The van der Waals surface area contributed by atoms with Crippen LogP contribution in [0.15, 0.2) is 0 Å². The first kappa shape index (κ1) is 14.0. The van der Waals surface area contributed by atoms with Crippen molar-refractivity contribution in [2.45, 2.75) is 25.3 Å². The summed E-state index contributed by atoms with van der Waals surface area (Å²) < 4.78 is 0. The number of imide groups is 1. The lowest BCUT2D eigenvalue weighted by molar-refractivity contribution is -0.157. The number of carboxylic acid groups (broad SMARTS) is 2. The third-order valence-electron chi connectivity index (χ3n) is 2.05. The number of hydrogen-bond acceptors (Lipinski definition) is 5. The summed E-state index contributed by atoms with van der Waals surface area (Å²) in [6.07, 6.45) is -0.878. The van der Waals surface area contributed by atoms with Gasteiger partial charge < -0.3 is 16.4 Å². The summed E-state index contributed by atoms with van der Waals surface area (Å²) in [5.41, 5.74) is 0. The Bertz CT molecular complexity index is 323. The number of aliphatic carboxylic acids is 2. The van der Waals surface area contributed by atoms with Gasteiger partial charge in [-0.3, -0.25) is 19.3 Å². The van der Waals surface area contributed by atoms with Crippen molar-refractivity contribution in [3.05, 3.63) is 0 Å². The van der Waals surface area contributed by atoms with Gasteiger partial charge in [-0.15, -0.1) is 0 Å². The van der Waals surface area contributed by atoms with Gasteiger partial charge in [0.2, 0.25) is 11.8 Å². The quantitative estimate of drug-likeness (QED) is 0.538. The highest BCUT2D eigenvalue weighted by Crippen LogP contribution is 2.17. The van der Waals surface area contributed by atoms with E-state index in [0.29, 0.717) is 4.90 Å². The highest BCUT2D eigenvalue weighted by molar-refractivity contribution is 6.05. The highest BCUT2D eigenvalue weighted by Gasteiger charge is 2.39. The van der Waals surface area contributed by atoms with Crippen LogP contribution in [-0.2, 0) is 19.2 Å².